The molecule has 0 saturated carbocycles. The summed E-state index contributed by atoms with van der Waals surface area (Å²) in [5, 5.41) is -6.19. The molecule has 32 heavy (non-hydrogen) atoms. The molecule has 0 heterocycles. The van der Waals surface area contributed by atoms with Crippen molar-refractivity contribution >= 4 is 22.1 Å². The molecule has 1 atom stereocenters. The minimum absolute atomic E-state index is 0.229. The van der Waals surface area contributed by atoms with Crippen LogP contribution in [-0.2, 0) is 33.9 Å². The number of methoxy groups -OCH3 is 1. The third-order valence-corrected chi connectivity index (χ3v) is 4.26. The van der Waals surface area contributed by atoms with Crippen molar-refractivity contribution in [1.82, 2.24) is 0 Å². The van der Waals surface area contributed by atoms with Gasteiger partial charge in [0.15, 0.2) is 10.1 Å². The molecule has 0 aromatic carbocycles. The molecule has 0 aromatic heterocycles. The van der Waals surface area contributed by atoms with E-state index in [0.717, 1.165) is 0 Å². The van der Waals surface area contributed by atoms with E-state index < -0.39 is 76.4 Å². The molecule has 0 N–H and O–H groups in total. The molecule has 0 aliphatic rings. The van der Waals surface area contributed by atoms with Gasteiger partial charge in [0.25, 0.3) is 0 Å². The fraction of sp³-hybridized carbons (Fsp3) is 0.692. The Labute approximate surface area is 171 Å². The average molecular weight is 517 g/mol. The second-order valence-electron chi connectivity index (χ2n) is 5.60. The average Bonchev–Trinajstić information content (AvgIpc) is 2.59. The molecule has 19 heteroatoms. The Kier molecular flexibility index (Phi) is 8.75. The summed E-state index contributed by atoms with van der Waals surface area (Å²) in [7, 11) is -6.69. The maximum atomic E-state index is 13.3. The third kappa shape index (κ3) is 6.21. The van der Waals surface area contributed by atoms with Crippen molar-refractivity contribution in [2.24, 2.45) is 0 Å². The molecule has 0 aromatic rings. The van der Waals surface area contributed by atoms with Crippen LogP contribution in [-0.4, -0.2) is 67.9 Å². The summed E-state index contributed by atoms with van der Waals surface area (Å²) in [5.41, 5.74) is -2.55. The van der Waals surface area contributed by atoms with Crippen molar-refractivity contribution in [3.63, 3.8) is 0 Å². The summed E-state index contributed by atoms with van der Waals surface area (Å²) < 4.78 is 171. The van der Waals surface area contributed by atoms with Gasteiger partial charge in [-0.3, -0.25) is 0 Å². The number of esters is 2. The van der Waals surface area contributed by atoms with Crippen molar-refractivity contribution in [1.29, 1.82) is 0 Å². The van der Waals surface area contributed by atoms with E-state index >= 15 is 0 Å². The molecule has 1 unspecified atom stereocenters. The van der Waals surface area contributed by atoms with Gasteiger partial charge >= 0.3 is 41.3 Å². The van der Waals surface area contributed by atoms with Gasteiger partial charge in [-0.1, -0.05) is 6.58 Å². The molecule has 0 fully saturated rings. The van der Waals surface area contributed by atoms with Crippen LogP contribution < -0.4 is 0 Å². The standard InChI is InChI=1S/C13H12F10O8S/c1-6(11(16,17)18)7(24)31-10(8(25)29-2,12(19,20)21)30-5-3-4-9(14,15)13(22,23)32(26,27)28/h1,3-5H2,2H3,(H,26,27,28)/p-1. The van der Waals surface area contributed by atoms with Gasteiger partial charge in [0.2, 0.25) is 0 Å². The lowest BCUT2D eigenvalue weighted by atomic mass is 10.2. The second kappa shape index (κ2) is 9.38. The summed E-state index contributed by atoms with van der Waals surface area (Å²) in [4.78, 5) is 22.9. The summed E-state index contributed by atoms with van der Waals surface area (Å²) >= 11 is 0. The molecule has 0 spiro atoms. The van der Waals surface area contributed by atoms with Gasteiger partial charge < -0.3 is 18.8 Å². The Bertz CT molecular complexity index is 833. The van der Waals surface area contributed by atoms with E-state index in [1.807, 2.05) is 0 Å². The maximum Gasteiger partial charge on any atom is 0.468 e. The van der Waals surface area contributed by atoms with Crippen molar-refractivity contribution in [3.05, 3.63) is 12.2 Å². The summed E-state index contributed by atoms with van der Waals surface area (Å²) in [6, 6.07) is 0. The van der Waals surface area contributed by atoms with Crippen LogP contribution in [0.3, 0.4) is 0 Å². The monoisotopic (exact) mass is 517 g/mol. The largest absolute Gasteiger partial charge is 0.743 e. The summed E-state index contributed by atoms with van der Waals surface area (Å²) in [6.45, 7) is 0.256. The number of rotatable bonds is 10. The Morgan fingerprint density at radius 3 is 1.78 bits per heavy atom. The molecule has 0 radical (unpaired) electrons. The first-order chi connectivity index (χ1) is 14.0. The molecular formula is C13H11F10O8S-. The normalized spacial score (nSPS) is 15.6. The Morgan fingerprint density at radius 2 is 1.44 bits per heavy atom. The molecule has 0 saturated heterocycles. The lowest BCUT2D eigenvalue weighted by Crippen LogP contribution is -2.58. The zero-order valence-electron chi connectivity index (χ0n) is 15.3. The molecule has 0 aliphatic carbocycles. The Hall–Kier alpha value is -2.15. The lowest BCUT2D eigenvalue weighted by Gasteiger charge is -2.32. The predicted octanol–water partition coefficient (Wildman–Crippen LogP) is 2.65. The van der Waals surface area contributed by atoms with Gasteiger partial charge in [0.05, 0.1) is 13.7 Å². The molecule has 188 valence electrons. The molecular weight excluding hydrogens is 506 g/mol. The summed E-state index contributed by atoms with van der Waals surface area (Å²) in [5.74, 6) is -16.2. The fourth-order valence-electron chi connectivity index (χ4n) is 1.67. The number of hydrogen-bond acceptors (Lipinski definition) is 8. The Morgan fingerprint density at radius 1 is 0.969 bits per heavy atom. The first kappa shape index (κ1) is 29.9. The van der Waals surface area contributed by atoms with Gasteiger partial charge in [0.1, 0.15) is 5.57 Å². The minimum Gasteiger partial charge on any atom is -0.743 e. The van der Waals surface area contributed by atoms with Crippen LogP contribution in [0.15, 0.2) is 12.2 Å². The van der Waals surface area contributed by atoms with E-state index in [1.165, 1.54) is 0 Å². The van der Waals surface area contributed by atoms with Crippen molar-refractivity contribution < 1.29 is 80.7 Å². The van der Waals surface area contributed by atoms with Gasteiger partial charge in [-0.05, 0) is 6.42 Å². The third-order valence-electron chi connectivity index (χ3n) is 3.33. The van der Waals surface area contributed by atoms with Crippen LogP contribution in [0.1, 0.15) is 12.8 Å². The van der Waals surface area contributed by atoms with Crippen LogP contribution >= 0.6 is 0 Å². The highest BCUT2D eigenvalue weighted by Crippen LogP contribution is 2.42. The number of carbonyl (C=O) groups excluding carboxylic acids is 2. The zero-order chi connectivity index (χ0) is 26.0. The minimum atomic E-state index is -6.92. The molecule has 0 amide bonds. The van der Waals surface area contributed by atoms with Crippen molar-refractivity contribution in [2.75, 3.05) is 13.7 Å². The number of ether oxygens (including phenoxy) is 3. The smallest absolute Gasteiger partial charge is 0.468 e. The number of halogens is 10. The maximum absolute atomic E-state index is 13.3. The van der Waals surface area contributed by atoms with Gasteiger partial charge in [0, 0.05) is 6.42 Å². The molecule has 0 rings (SSSR count). The Balaban J connectivity index is 5.79. The van der Waals surface area contributed by atoms with Gasteiger partial charge in [-0.25, -0.2) is 18.0 Å². The molecule has 0 aliphatic heterocycles. The number of carbonyl (C=O) groups is 2. The van der Waals surface area contributed by atoms with Crippen LogP contribution in [0.5, 0.6) is 0 Å². The van der Waals surface area contributed by atoms with Crippen LogP contribution in [0.2, 0.25) is 0 Å². The van der Waals surface area contributed by atoms with E-state index in [0.29, 0.717) is 0 Å². The fourth-order valence-corrected chi connectivity index (χ4v) is 2.13. The van der Waals surface area contributed by atoms with Gasteiger partial charge in [-0.15, -0.1) is 0 Å². The second-order valence-corrected chi connectivity index (χ2v) is 7.02. The van der Waals surface area contributed by atoms with E-state index in [2.05, 4.69) is 20.8 Å². The lowest BCUT2D eigenvalue weighted by molar-refractivity contribution is -0.355. The highest BCUT2D eigenvalue weighted by atomic mass is 32.2. The van der Waals surface area contributed by atoms with E-state index in [-0.39, 0.29) is 7.11 Å². The predicted molar refractivity (Wildman–Crippen MR) is 76.9 cm³/mol. The highest BCUT2D eigenvalue weighted by molar-refractivity contribution is 7.86. The van der Waals surface area contributed by atoms with E-state index in [4.69, 9.17) is 0 Å². The quantitative estimate of drug-likeness (QED) is 0.108. The van der Waals surface area contributed by atoms with Crippen molar-refractivity contribution in [2.45, 2.75) is 42.2 Å². The highest BCUT2D eigenvalue weighted by Gasteiger charge is 2.68. The van der Waals surface area contributed by atoms with E-state index in [9.17, 15) is 66.5 Å². The molecule has 0 bridgehead atoms. The van der Waals surface area contributed by atoms with Crippen LogP contribution in [0, 0.1) is 0 Å². The molecule has 8 nitrogen and oxygen atoms in total. The topological polar surface area (TPSA) is 119 Å². The van der Waals surface area contributed by atoms with Crippen LogP contribution in [0.4, 0.5) is 43.9 Å². The first-order valence-electron chi connectivity index (χ1n) is 7.47. The van der Waals surface area contributed by atoms with Crippen LogP contribution in [0.25, 0.3) is 0 Å². The SMILES string of the molecule is C=C(C(=O)OC(OCCCC(F)(F)C(F)(F)S(=O)(=O)[O-])(C(=O)OC)C(F)(F)F)C(F)(F)F. The van der Waals surface area contributed by atoms with Crippen molar-refractivity contribution in [3.8, 4) is 0 Å². The first-order valence-corrected chi connectivity index (χ1v) is 8.88. The number of hydrogen-bond donors (Lipinski definition) is 0. The summed E-state index contributed by atoms with van der Waals surface area (Å²) in [6.07, 6.45) is -15.8. The van der Waals surface area contributed by atoms with E-state index in [1.54, 1.807) is 0 Å². The van der Waals surface area contributed by atoms with Gasteiger partial charge in [-0.2, -0.15) is 43.9 Å². The number of alkyl halides is 10. The zero-order valence-corrected chi connectivity index (χ0v) is 16.1.